The van der Waals surface area contributed by atoms with E-state index in [1.165, 1.54) is 4.90 Å². The molecule has 0 bridgehead atoms. The number of nitro benzene ring substituents is 1. The summed E-state index contributed by atoms with van der Waals surface area (Å²) < 4.78 is 13.8. The monoisotopic (exact) mass is 295 g/mol. The van der Waals surface area contributed by atoms with E-state index in [4.69, 9.17) is 0 Å². The van der Waals surface area contributed by atoms with E-state index in [0.717, 1.165) is 18.2 Å². The van der Waals surface area contributed by atoms with Crippen molar-refractivity contribution in [1.82, 2.24) is 10.2 Å². The Labute approximate surface area is 119 Å². The first-order valence-corrected chi connectivity index (χ1v) is 6.48. The fraction of sp³-hybridized carbons (Fsp3) is 0.385. The van der Waals surface area contributed by atoms with Crippen LogP contribution in [0, 0.1) is 15.9 Å². The molecular formula is C13H14FN3O4. The third-order valence-corrected chi connectivity index (χ3v) is 3.37. The van der Waals surface area contributed by atoms with Crippen LogP contribution >= 0.6 is 0 Å². The first-order chi connectivity index (χ1) is 9.95. The molecular weight excluding hydrogens is 281 g/mol. The molecule has 1 atom stereocenters. The van der Waals surface area contributed by atoms with Crippen molar-refractivity contribution < 1.29 is 18.9 Å². The standard InChI is InChI=1S/C13H14FN3O4/c1-2-11-12(18)15-5-6-16(11)13(19)9-7-8(17(20)21)3-4-10(9)14/h3-4,7,11H,2,5-6H2,1H3,(H,15,18). The Morgan fingerprint density at radius 1 is 1.57 bits per heavy atom. The number of carbonyl (C=O) groups is 2. The van der Waals surface area contributed by atoms with Crippen LogP contribution in [0.25, 0.3) is 0 Å². The van der Waals surface area contributed by atoms with Gasteiger partial charge in [0.05, 0.1) is 10.5 Å². The van der Waals surface area contributed by atoms with Crippen LogP contribution in [0.1, 0.15) is 23.7 Å². The summed E-state index contributed by atoms with van der Waals surface area (Å²) in [4.78, 5) is 35.4. The summed E-state index contributed by atoms with van der Waals surface area (Å²) in [6.07, 6.45) is 0.383. The predicted octanol–water partition coefficient (Wildman–Crippen LogP) is 1.08. The molecule has 1 unspecified atom stereocenters. The van der Waals surface area contributed by atoms with E-state index in [1.807, 2.05) is 0 Å². The molecule has 1 heterocycles. The summed E-state index contributed by atoms with van der Waals surface area (Å²) in [6.45, 7) is 2.25. The summed E-state index contributed by atoms with van der Waals surface area (Å²) in [5.74, 6) is -1.85. The van der Waals surface area contributed by atoms with Crippen LogP contribution in [0.3, 0.4) is 0 Å². The SMILES string of the molecule is CCC1C(=O)NCCN1C(=O)c1cc([N+](=O)[O-])ccc1F. The van der Waals surface area contributed by atoms with Gasteiger partial charge in [0.15, 0.2) is 0 Å². The predicted molar refractivity (Wildman–Crippen MR) is 71.2 cm³/mol. The number of hydrogen-bond donors (Lipinski definition) is 1. The van der Waals surface area contributed by atoms with Crippen molar-refractivity contribution in [2.45, 2.75) is 19.4 Å². The van der Waals surface area contributed by atoms with Gasteiger partial charge in [-0.2, -0.15) is 0 Å². The topological polar surface area (TPSA) is 92.6 Å². The molecule has 0 radical (unpaired) electrons. The molecule has 0 saturated carbocycles. The normalized spacial score (nSPS) is 18.3. The Bertz CT molecular complexity index is 605. The largest absolute Gasteiger partial charge is 0.353 e. The third-order valence-electron chi connectivity index (χ3n) is 3.37. The lowest BCUT2D eigenvalue weighted by Gasteiger charge is -2.34. The molecule has 1 aromatic rings. The minimum absolute atomic E-state index is 0.241. The summed E-state index contributed by atoms with van der Waals surface area (Å²) in [6, 6.07) is 2.09. The zero-order valence-corrected chi connectivity index (χ0v) is 11.3. The average Bonchev–Trinajstić information content (AvgIpc) is 2.46. The number of benzene rings is 1. The summed E-state index contributed by atoms with van der Waals surface area (Å²) in [7, 11) is 0. The molecule has 21 heavy (non-hydrogen) atoms. The van der Waals surface area contributed by atoms with Gasteiger partial charge in [-0.05, 0) is 12.5 Å². The molecule has 0 aromatic heterocycles. The lowest BCUT2D eigenvalue weighted by molar-refractivity contribution is -0.384. The summed E-state index contributed by atoms with van der Waals surface area (Å²) >= 11 is 0. The highest BCUT2D eigenvalue weighted by Crippen LogP contribution is 2.20. The molecule has 0 aliphatic carbocycles. The lowest BCUT2D eigenvalue weighted by atomic mass is 10.1. The van der Waals surface area contributed by atoms with E-state index < -0.39 is 28.3 Å². The number of rotatable bonds is 3. The Kier molecular flexibility index (Phi) is 4.15. The summed E-state index contributed by atoms with van der Waals surface area (Å²) in [5, 5.41) is 13.4. The van der Waals surface area contributed by atoms with Crippen molar-refractivity contribution in [2.24, 2.45) is 0 Å². The van der Waals surface area contributed by atoms with Crippen LogP contribution in [-0.2, 0) is 4.79 Å². The van der Waals surface area contributed by atoms with Crippen molar-refractivity contribution in [3.63, 3.8) is 0 Å². The highest BCUT2D eigenvalue weighted by Gasteiger charge is 2.33. The molecule has 1 aliphatic heterocycles. The zero-order valence-electron chi connectivity index (χ0n) is 11.3. The van der Waals surface area contributed by atoms with Crippen LogP contribution in [0.4, 0.5) is 10.1 Å². The van der Waals surface area contributed by atoms with E-state index in [2.05, 4.69) is 5.32 Å². The molecule has 0 spiro atoms. The minimum atomic E-state index is -0.841. The highest BCUT2D eigenvalue weighted by molar-refractivity contribution is 5.98. The number of piperazine rings is 1. The van der Waals surface area contributed by atoms with E-state index in [1.54, 1.807) is 6.92 Å². The molecule has 1 aliphatic rings. The molecule has 1 N–H and O–H groups in total. The van der Waals surface area contributed by atoms with Gasteiger partial charge in [-0.25, -0.2) is 4.39 Å². The Morgan fingerprint density at radius 3 is 2.90 bits per heavy atom. The number of nitrogens with zero attached hydrogens (tertiary/aromatic N) is 2. The maximum absolute atomic E-state index is 13.8. The first-order valence-electron chi connectivity index (χ1n) is 6.48. The molecule has 7 nitrogen and oxygen atoms in total. The van der Waals surface area contributed by atoms with Crippen molar-refractivity contribution in [2.75, 3.05) is 13.1 Å². The minimum Gasteiger partial charge on any atom is -0.353 e. The van der Waals surface area contributed by atoms with Crippen molar-refractivity contribution in [1.29, 1.82) is 0 Å². The third kappa shape index (κ3) is 2.83. The maximum Gasteiger partial charge on any atom is 0.270 e. The Hall–Kier alpha value is -2.51. The smallest absolute Gasteiger partial charge is 0.270 e. The van der Waals surface area contributed by atoms with Gasteiger partial charge >= 0.3 is 0 Å². The van der Waals surface area contributed by atoms with Crippen LogP contribution in [0.2, 0.25) is 0 Å². The van der Waals surface area contributed by atoms with Crippen LogP contribution < -0.4 is 5.32 Å². The number of nitro groups is 1. The van der Waals surface area contributed by atoms with Gasteiger partial charge in [0, 0.05) is 25.2 Å². The zero-order chi connectivity index (χ0) is 15.6. The molecule has 2 rings (SSSR count). The average molecular weight is 295 g/mol. The van der Waals surface area contributed by atoms with Gasteiger partial charge in [0.25, 0.3) is 11.6 Å². The molecule has 8 heteroatoms. The number of amides is 2. The number of nitrogens with one attached hydrogen (secondary N) is 1. The number of hydrogen-bond acceptors (Lipinski definition) is 4. The molecule has 2 amide bonds. The van der Waals surface area contributed by atoms with E-state index in [-0.39, 0.29) is 24.7 Å². The Balaban J connectivity index is 2.36. The van der Waals surface area contributed by atoms with Gasteiger partial charge < -0.3 is 10.2 Å². The second kappa shape index (κ2) is 5.86. The van der Waals surface area contributed by atoms with E-state index in [9.17, 15) is 24.1 Å². The Morgan fingerprint density at radius 2 is 2.29 bits per heavy atom. The van der Waals surface area contributed by atoms with Crippen LogP contribution in [0.5, 0.6) is 0 Å². The summed E-state index contributed by atoms with van der Waals surface area (Å²) in [5.41, 5.74) is -0.758. The second-order valence-electron chi connectivity index (χ2n) is 4.63. The quantitative estimate of drug-likeness (QED) is 0.667. The maximum atomic E-state index is 13.8. The molecule has 1 saturated heterocycles. The first kappa shape index (κ1) is 14.9. The van der Waals surface area contributed by atoms with Crippen LogP contribution in [0.15, 0.2) is 18.2 Å². The fourth-order valence-corrected chi connectivity index (χ4v) is 2.31. The van der Waals surface area contributed by atoms with Gasteiger partial charge in [0.2, 0.25) is 5.91 Å². The van der Waals surface area contributed by atoms with Crippen molar-refractivity contribution in [3.8, 4) is 0 Å². The van der Waals surface area contributed by atoms with E-state index in [0.29, 0.717) is 6.42 Å². The van der Waals surface area contributed by atoms with Gasteiger partial charge in [-0.3, -0.25) is 19.7 Å². The lowest BCUT2D eigenvalue weighted by Crippen LogP contribution is -2.57. The van der Waals surface area contributed by atoms with E-state index >= 15 is 0 Å². The highest BCUT2D eigenvalue weighted by atomic mass is 19.1. The van der Waals surface area contributed by atoms with Gasteiger partial charge in [-0.15, -0.1) is 0 Å². The van der Waals surface area contributed by atoms with Crippen molar-refractivity contribution >= 4 is 17.5 Å². The van der Waals surface area contributed by atoms with Crippen molar-refractivity contribution in [3.05, 3.63) is 39.7 Å². The van der Waals surface area contributed by atoms with Gasteiger partial charge in [0.1, 0.15) is 11.9 Å². The number of non-ortho nitro benzene ring substituents is 1. The molecule has 112 valence electrons. The number of halogens is 1. The van der Waals surface area contributed by atoms with Crippen LogP contribution in [-0.4, -0.2) is 40.8 Å². The number of carbonyl (C=O) groups excluding carboxylic acids is 2. The van der Waals surface area contributed by atoms with Gasteiger partial charge in [-0.1, -0.05) is 6.92 Å². The molecule has 1 fully saturated rings. The second-order valence-corrected chi connectivity index (χ2v) is 4.63. The fourth-order valence-electron chi connectivity index (χ4n) is 2.31. The molecule has 1 aromatic carbocycles.